The highest BCUT2D eigenvalue weighted by atomic mass is 19.1. The Hall–Kier alpha value is -3.75. The number of anilines is 3. The second-order valence-corrected chi connectivity index (χ2v) is 6.22. The maximum atomic E-state index is 13.8. The van der Waals surface area contributed by atoms with Crippen molar-refractivity contribution in [3.8, 4) is 11.5 Å². The molecular formula is C20H16F2N4O3. The van der Waals surface area contributed by atoms with Gasteiger partial charge in [0.1, 0.15) is 47.9 Å². The highest BCUT2D eigenvalue weighted by molar-refractivity contribution is 6.03. The number of aromatic nitrogens is 2. The summed E-state index contributed by atoms with van der Waals surface area (Å²) in [5, 5.41) is 5.27. The number of nitrogens with zero attached hydrogens (tertiary/aromatic N) is 2. The Morgan fingerprint density at radius 3 is 2.48 bits per heavy atom. The highest BCUT2D eigenvalue weighted by Gasteiger charge is 2.17. The van der Waals surface area contributed by atoms with Crippen molar-refractivity contribution >= 4 is 23.1 Å². The van der Waals surface area contributed by atoms with Crippen LogP contribution in [0.4, 0.5) is 26.0 Å². The molecule has 0 unspecified atom stereocenters. The summed E-state index contributed by atoms with van der Waals surface area (Å²) in [6.45, 7) is 2.56. The van der Waals surface area contributed by atoms with Crippen LogP contribution in [0.5, 0.6) is 11.5 Å². The summed E-state index contributed by atoms with van der Waals surface area (Å²) in [7, 11) is 0. The quantitative estimate of drug-likeness (QED) is 0.695. The number of fused-ring (bicyclic) bond motifs is 1. The van der Waals surface area contributed by atoms with Gasteiger partial charge in [-0.25, -0.2) is 18.7 Å². The normalized spacial score (nSPS) is 12.4. The van der Waals surface area contributed by atoms with Crippen molar-refractivity contribution < 1.29 is 23.0 Å². The third kappa shape index (κ3) is 4.08. The van der Waals surface area contributed by atoms with Crippen LogP contribution in [0.1, 0.15) is 16.3 Å². The van der Waals surface area contributed by atoms with Crippen LogP contribution in [0.25, 0.3) is 0 Å². The van der Waals surface area contributed by atoms with E-state index in [0.717, 1.165) is 12.1 Å². The van der Waals surface area contributed by atoms with E-state index in [2.05, 4.69) is 20.6 Å². The van der Waals surface area contributed by atoms with Gasteiger partial charge in [0.15, 0.2) is 11.5 Å². The number of halogens is 2. The zero-order chi connectivity index (χ0) is 20.4. The maximum absolute atomic E-state index is 13.8. The lowest BCUT2D eigenvalue weighted by Gasteiger charge is -2.19. The van der Waals surface area contributed by atoms with Crippen molar-refractivity contribution in [3.63, 3.8) is 0 Å². The van der Waals surface area contributed by atoms with Crippen LogP contribution < -0.4 is 20.1 Å². The molecule has 1 aliphatic heterocycles. The molecule has 1 aliphatic rings. The number of hydrogen-bond acceptors (Lipinski definition) is 6. The molecule has 9 heteroatoms. The van der Waals surface area contributed by atoms with Gasteiger partial charge in [0.2, 0.25) is 0 Å². The van der Waals surface area contributed by atoms with E-state index in [0.29, 0.717) is 42.0 Å². The van der Waals surface area contributed by atoms with E-state index >= 15 is 0 Å². The van der Waals surface area contributed by atoms with E-state index in [1.807, 2.05) is 0 Å². The summed E-state index contributed by atoms with van der Waals surface area (Å²) in [6, 6.07) is 10.00. The fourth-order valence-corrected chi connectivity index (χ4v) is 2.81. The molecule has 7 nitrogen and oxygen atoms in total. The van der Waals surface area contributed by atoms with Gasteiger partial charge in [0, 0.05) is 17.8 Å². The van der Waals surface area contributed by atoms with Crippen LogP contribution in [0.2, 0.25) is 0 Å². The minimum Gasteiger partial charge on any atom is -0.486 e. The molecule has 0 radical (unpaired) electrons. The van der Waals surface area contributed by atoms with Gasteiger partial charge in [-0.1, -0.05) is 6.07 Å². The number of benzene rings is 2. The van der Waals surface area contributed by atoms with Crippen LogP contribution in [0.15, 0.2) is 42.5 Å². The number of carbonyl (C=O) groups excluding carboxylic acids is 1. The summed E-state index contributed by atoms with van der Waals surface area (Å²) in [6.07, 6.45) is 0. The molecule has 0 fully saturated rings. The lowest BCUT2D eigenvalue weighted by Crippen LogP contribution is -2.17. The van der Waals surface area contributed by atoms with E-state index in [4.69, 9.17) is 9.47 Å². The number of nitrogens with one attached hydrogen (secondary N) is 2. The number of aryl methyl sites for hydroxylation is 1. The van der Waals surface area contributed by atoms with Crippen LogP contribution in [0, 0.1) is 18.6 Å². The second-order valence-electron chi connectivity index (χ2n) is 6.22. The summed E-state index contributed by atoms with van der Waals surface area (Å²) < 4.78 is 38.6. The van der Waals surface area contributed by atoms with E-state index in [-0.39, 0.29) is 5.69 Å². The van der Waals surface area contributed by atoms with Gasteiger partial charge in [-0.15, -0.1) is 0 Å². The van der Waals surface area contributed by atoms with E-state index in [9.17, 15) is 13.6 Å². The van der Waals surface area contributed by atoms with Crippen molar-refractivity contribution in [2.24, 2.45) is 0 Å². The Bertz CT molecular complexity index is 1070. The van der Waals surface area contributed by atoms with Crippen molar-refractivity contribution in [2.45, 2.75) is 6.92 Å². The summed E-state index contributed by atoms with van der Waals surface area (Å²) in [4.78, 5) is 20.8. The SMILES string of the molecule is Cc1nc(Nc2ccc3c(c2)OCCO3)cc(C(=O)Nc2c(F)cccc2F)n1. The standard InChI is InChI=1S/C20H16F2N4O3/c1-11-23-15(20(27)26-19-13(21)3-2-4-14(19)22)10-18(24-11)25-12-5-6-16-17(9-12)29-8-7-28-16/h2-6,9-10H,7-8H2,1H3,(H,26,27)(H,23,24,25). The van der Waals surface area contributed by atoms with Crippen LogP contribution in [-0.2, 0) is 0 Å². The Morgan fingerprint density at radius 1 is 1.00 bits per heavy atom. The van der Waals surface area contributed by atoms with Gasteiger partial charge in [-0.2, -0.15) is 0 Å². The molecule has 148 valence electrons. The average Bonchev–Trinajstić information content (AvgIpc) is 2.70. The first-order valence-electron chi connectivity index (χ1n) is 8.77. The molecular weight excluding hydrogens is 382 g/mol. The van der Waals surface area contributed by atoms with Crippen molar-refractivity contribution in [2.75, 3.05) is 23.8 Å². The zero-order valence-electron chi connectivity index (χ0n) is 15.3. The molecule has 0 saturated carbocycles. The molecule has 2 heterocycles. The Balaban J connectivity index is 1.57. The number of ether oxygens (including phenoxy) is 2. The molecule has 4 rings (SSSR count). The first-order chi connectivity index (χ1) is 14.0. The number of rotatable bonds is 4. The molecule has 0 atom stereocenters. The molecule has 0 saturated heterocycles. The molecule has 2 N–H and O–H groups in total. The number of hydrogen-bond donors (Lipinski definition) is 2. The van der Waals surface area contributed by atoms with Crippen LogP contribution in [0.3, 0.4) is 0 Å². The molecule has 0 bridgehead atoms. The van der Waals surface area contributed by atoms with Crippen molar-refractivity contribution in [1.82, 2.24) is 9.97 Å². The van der Waals surface area contributed by atoms with E-state index in [1.54, 1.807) is 25.1 Å². The lowest BCUT2D eigenvalue weighted by atomic mass is 10.2. The minimum atomic E-state index is -0.876. The van der Waals surface area contributed by atoms with Gasteiger partial charge in [0.05, 0.1) is 0 Å². The summed E-state index contributed by atoms with van der Waals surface area (Å²) in [5.41, 5.74) is 0.0918. The van der Waals surface area contributed by atoms with Gasteiger partial charge >= 0.3 is 0 Å². The first kappa shape index (κ1) is 18.6. The second kappa shape index (κ2) is 7.70. The minimum absolute atomic E-state index is 0.0415. The third-order valence-electron chi connectivity index (χ3n) is 4.09. The van der Waals surface area contributed by atoms with Gasteiger partial charge in [0.25, 0.3) is 5.91 Å². The predicted molar refractivity (Wildman–Crippen MR) is 102 cm³/mol. The first-order valence-corrected chi connectivity index (χ1v) is 8.77. The summed E-state index contributed by atoms with van der Waals surface area (Å²) in [5.74, 6) is -0.616. The Kier molecular flexibility index (Phi) is 4.94. The molecule has 0 spiro atoms. The van der Waals surface area contributed by atoms with E-state index in [1.165, 1.54) is 12.1 Å². The Morgan fingerprint density at radius 2 is 1.72 bits per heavy atom. The molecule has 1 amide bonds. The van der Waals surface area contributed by atoms with E-state index < -0.39 is 23.2 Å². The van der Waals surface area contributed by atoms with Crippen LogP contribution >= 0.6 is 0 Å². The topological polar surface area (TPSA) is 85.4 Å². The number of carbonyl (C=O) groups is 1. The molecule has 0 aliphatic carbocycles. The molecule has 3 aromatic rings. The molecule has 1 aromatic heterocycles. The Labute approximate surface area is 164 Å². The number of para-hydroxylation sites is 1. The van der Waals surface area contributed by atoms with Crippen molar-refractivity contribution in [3.05, 3.63) is 65.6 Å². The fourth-order valence-electron chi connectivity index (χ4n) is 2.81. The summed E-state index contributed by atoms with van der Waals surface area (Å²) >= 11 is 0. The van der Waals surface area contributed by atoms with Gasteiger partial charge < -0.3 is 20.1 Å². The lowest BCUT2D eigenvalue weighted by molar-refractivity contribution is 0.102. The van der Waals surface area contributed by atoms with Crippen LogP contribution in [-0.4, -0.2) is 29.1 Å². The van der Waals surface area contributed by atoms with Gasteiger partial charge in [-0.3, -0.25) is 4.79 Å². The number of amides is 1. The third-order valence-corrected chi connectivity index (χ3v) is 4.09. The van der Waals surface area contributed by atoms with Crippen molar-refractivity contribution in [1.29, 1.82) is 0 Å². The predicted octanol–water partition coefficient (Wildman–Crippen LogP) is 3.83. The van der Waals surface area contributed by atoms with Gasteiger partial charge in [-0.05, 0) is 31.2 Å². The monoisotopic (exact) mass is 398 g/mol. The zero-order valence-corrected chi connectivity index (χ0v) is 15.3. The average molecular weight is 398 g/mol. The molecule has 29 heavy (non-hydrogen) atoms. The molecule has 2 aromatic carbocycles. The smallest absolute Gasteiger partial charge is 0.274 e. The fraction of sp³-hybridized carbons (Fsp3) is 0.150. The maximum Gasteiger partial charge on any atom is 0.274 e. The largest absolute Gasteiger partial charge is 0.486 e. The highest BCUT2D eigenvalue weighted by Crippen LogP contribution is 2.33.